The van der Waals surface area contributed by atoms with Crippen LogP contribution in [-0.2, 0) is 21.4 Å². The minimum atomic E-state index is -0.562. The first-order valence-corrected chi connectivity index (χ1v) is 9.13. The monoisotopic (exact) mass is 372 g/mol. The summed E-state index contributed by atoms with van der Waals surface area (Å²) in [5.74, 6) is -1.03. The normalized spacial score (nSPS) is 16.0. The lowest BCUT2D eigenvalue weighted by Gasteiger charge is -2.23. The van der Waals surface area contributed by atoms with E-state index >= 15 is 0 Å². The van der Waals surface area contributed by atoms with Gasteiger partial charge in [0.05, 0.1) is 17.4 Å². The smallest absolute Gasteiger partial charge is 0.307 e. The minimum absolute atomic E-state index is 0.0785. The summed E-state index contributed by atoms with van der Waals surface area (Å²) < 4.78 is 7.02. The number of anilines is 1. The molecule has 0 saturated carbocycles. The van der Waals surface area contributed by atoms with E-state index in [1.165, 1.54) is 11.8 Å². The van der Waals surface area contributed by atoms with Gasteiger partial charge in [-0.2, -0.15) is 0 Å². The van der Waals surface area contributed by atoms with Gasteiger partial charge in [0.1, 0.15) is 0 Å². The number of aromatic nitrogens is 1. The Labute approximate surface area is 155 Å². The standard InChI is InChI=1S/C19H20N2O4S/c1-11-8-13(12(2)21(11)3)15(22)10-25-18(23)9-17-19(24)20-14-6-4-5-7-16(14)26-17/h4-8,17H,9-10H2,1-3H3,(H,20,24)/t17-/m0/s1. The Bertz CT molecular complexity index is 888. The summed E-state index contributed by atoms with van der Waals surface area (Å²) in [4.78, 5) is 37.4. The summed E-state index contributed by atoms with van der Waals surface area (Å²) >= 11 is 1.33. The SMILES string of the molecule is Cc1cc(C(=O)COC(=O)C[C@@H]2Sc3ccccc3NC2=O)c(C)n1C. The molecule has 26 heavy (non-hydrogen) atoms. The van der Waals surface area contributed by atoms with Crippen LogP contribution in [0.25, 0.3) is 0 Å². The lowest BCUT2D eigenvalue weighted by molar-refractivity contribution is -0.143. The van der Waals surface area contributed by atoms with Gasteiger partial charge in [-0.05, 0) is 32.0 Å². The number of amides is 1. The molecule has 0 aliphatic carbocycles. The van der Waals surface area contributed by atoms with Gasteiger partial charge in [-0.3, -0.25) is 14.4 Å². The van der Waals surface area contributed by atoms with Crippen molar-refractivity contribution in [3.8, 4) is 0 Å². The first-order chi connectivity index (χ1) is 12.4. The van der Waals surface area contributed by atoms with Crippen LogP contribution < -0.4 is 5.32 Å². The molecule has 6 nitrogen and oxygen atoms in total. The first kappa shape index (κ1) is 18.3. The molecule has 1 aromatic heterocycles. The minimum Gasteiger partial charge on any atom is -0.457 e. The number of hydrogen-bond donors (Lipinski definition) is 1. The number of hydrogen-bond acceptors (Lipinski definition) is 5. The van der Waals surface area contributed by atoms with Gasteiger partial charge in [-0.15, -0.1) is 11.8 Å². The molecule has 0 radical (unpaired) electrons. The molecule has 0 unspecified atom stereocenters. The third-order valence-corrected chi connectivity index (χ3v) is 5.77. The molecule has 1 aliphatic heterocycles. The van der Waals surface area contributed by atoms with E-state index in [9.17, 15) is 14.4 Å². The highest BCUT2D eigenvalue weighted by Crippen LogP contribution is 2.36. The van der Waals surface area contributed by atoms with Crippen LogP contribution in [0.2, 0.25) is 0 Å². The third kappa shape index (κ3) is 3.67. The zero-order chi connectivity index (χ0) is 18.8. The highest BCUT2D eigenvalue weighted by atomic mass is 32.2. The van der Waals surface area contributed by atoms with E-state index in [0.717, 1.165) is 22.0 Å². The average Bonchev–Trinajstić information content (AvgIpc) is 2.88. The molecule has 0 saturated heterocycles. The number of nitrogens with one attached hydrogen (secondary N) is 1. The van der Waals surface area contributed by atoms with E-state index in [4.69, 9.17) is 4.74 Å². The number of Topliss-reactive ketones (excluding diaryl/α,β-unsaturated/α-hetero) is 1. The number of para-hydroxylation sites is 1. The summed E-state index contributed by atoms with van der Waals surface area (Å²) in [5.41, 5.74) is 3.10. The second kappa shape index (κ2) is 7.37. The van der Waals surface area contributed by atoms with E-state index < -0.39 is 11.2 Å². The van der Waals surface area contributed by atoms with E-state index in [1.54, 1.807) is 6.07 Å². The Morgan fingerprint density at radius 3 is 2.69 bits per heavy atom. The number of fused-ring (bicyclic) bond motifs is 1. The van der Waals surface area contributed by atoms with Crippen molar-refractivity contribution in [1.82, 2.24) is 4.57 Å². The van der Waals surface area contributed by atoms with E-state index in [0.29, 0.717) is 5.56 Å². The molecule has 1 aromatic carbocycles. The number of nitrogens with zero attached hydrogens (tertiary/aromatic N) is 1. The Hall–Kier alpha value is -2.54. The molecule has 136 valence electrons. The molecule has 0 fully saturated rings. The Balaban J connectivity index is 1.57. The van der Waals surface area contributed by atoms with Crippen LogP contribution in [0, 0.1) is 13.8 Å². The largest absolute Gasteiger partial charge is 0.457 e. The van der Waals surface area contributed by atoms with Crippen molar-refractivity contribution >= 4 is 35.1 Å². The lowest BCUT2D eigenvalue weighted by atomic mass is 10.1. The van der Waals surface area contributed by atoms with Crippen molar-refractivity contribution in [1.29, 1.82) is 0 Å². The molecule has 2 aromatic rings. The fraction of sp³-hybridized carbons (Fsp3) is 0.316. The predicted molar refractivity (Wildman–Crippen MR) is 99.5 cm³/mol. The summed E-state index contributed by atoms with van der Waals surface area (Å²) in [6.07, 6.45) is -0.0785. The number of thioether (sulfide) groups is 1. The van der Waals surface area contributed by atoms with Crippen LogP contribution in [0.15, 0.2) is 35.2 Å². The highest BCUT2D eigenvalue weighted by molar-refractivity contribution is 8.01. The maximum Gasteiger partial charge on any atom is 0.307 e. The van der Waals surface area contributed by atoms with Crippen molar-refractivity contribution < 1.29 is 19.1 Å². The summed E-state index contributed by atoms with van der Waals surface area (Å²) in [6.45, 7) is 3.44. The molecule has 2 heterocycles. The zero-order valence-corrected chi connectivity index (χ0v) is 15.7. The Kier molecular flexibility index (Phi) is 5.18. The van der Waals surface area contributed by atoms with Gasteiger partial charge in [0.15, 0.2) is 6.61 Å². The molecule has 3 rings (SSSR count). The van der Waals surface area contributed by atoms with Crippen molar-refractivity contribution in [2.45, 2.75) is 30.4 Å². The molecule has 1 aliphatic rings. The van der Waals surface area contributed by atoms with Gasteiger partial charge in [0, 0.05) is 28.9 Å². The van der Waals surface area contributed by atoms with Gasteiger partial charge < -0.3 is 14.6 Å². The maximum atomic E-state index is 12.3. The van der Waals surface area contributed by atoms with E-state index in [1.807, 2.05) is 49.7 Å². The van der Waals surface area contributed by atoms with Gasteiger partial charge >= 0.3 is 5.97 Å². The fourth-order valence-corrected chi connectivity index (χ4v) is 3.89. The number of ketones is 1. The number of aryl methyl sites for hydroxylation is 1. The summed E-state index contributed by atoms with van der Waals surface area (Å²) in [6, 6.07) is 9.21. The Morgan fingerprint density at radius 1 is 1.27 bits per heavy atom. The summed E-state index contributed by atoms with van der Waals surface area (Å²) in [7, 11) is 1.88. The second-order valence-electron chi connectivity index (χ2n) is 6.22. The topological polar surface area (TPSA) is 77.4 Å². The van der Waals surface area contributed by atoms with Crippen molar-refractivity contribution in [3.05, 3.63) is 47.3 Å². The quantitative estimate of drug-likeness (QED) is 0.645. The highest BCUT2D eigenvalue weighted by Gasteiger charge is 2.29. The molecular weight excluding hydrogens is 352 g/mol. The van der Waals surface area contributed by atoms with Crippen molar-refractivity contribution in [3.63, 3.8) is 0 Å². The number of carbonyl (C=O) groups excluding carboxylic acids is 3. The number of carbonyl (C=O) groups is 3. The molecule has 0 spiro atoms. The average molecular weight is 372 g/mol. The van der Waals surface area contributed by atoms with E-state index in [-0.39, 0.29) is 24.7 Å². The van der Waals surface area contributed by atoms with Gasteiger partial charge in [-0.25, -0.2) is 0 Å². The van der Waals surface area contributed by atoms with Gasteiger partial charge in [0.25, 0.3) is 0 Å². The van der Waals surface area contributed by atoms with Crippen LogP contribution in [0.3, 0.4) is 0 Å². The number of benzene rings is 1. The molecular formula is C19H20N2O4S. The second-order valence-corrected chi connectivity index (χ2v) is 7.47. The van der Waals surface area contributed by atoms with Crippen molar-refractivity contribution in [2.75, 3.05) is 11.9 Å². The van der Waals surface area contributed by atoms with Gasteiger partial charge in [0.2, 0.25) is 11.7 Å². The summed E-state index contributed by atoms with van der Waals surface area (Å²) in [5, 5.41) is 2.22. The van der Waals surface area contributed by atoms with Crippen molar-refractivity contribution in [2.24, 2.45) is 7.05 Å². The Morgan fingerprint density at radius 2 is 2.00 bits per heavy atom. The van der Waals surface area contributed by atoms with Crippen LogP contribution in [0.4, 0.5) is 5.69 Å². The molecule has 0 bridgehead atoms. The zero-order valence-electron chi connectivity index (χ0n) is 14.9. The first-order valence-electron chi connectivity index (χ1n) is 8.25. The number of ether oxygens (including phenoxy) is 1. The van der Waals surface area contributed by atoms with Gasteiger partial charge in [-0.1, -0.05) is 12.1 Å². The van der Waals surface area contributed by atoms with Crippen LogP contribution >= 0.6 is 11.8 Å². The van der Waals surface area contributed by atoms with Crippen LogP contribution in [-0.4, -0.2) is 34.1 Å². The number of rotatable bonds is 5. The lowest BCUT2D eigenvalue weighted by Crippen LogP contribution is -2.31. The number of esters is 1. The third-order valence-electron chi connectivity index (χ3n) is 4.50. The fourth-order valence-electron chi connectivity index (χ4n) is 2.80. The maximum absolute atomic E-state index is 12.3. The molecule has 1 amide bonds. The van der Waals surface area contributed by atoms with E-state index in [2.05, 4.69) is 5.32 Å². The molecule has 7 heteroatoms. The van der Waals surface area contributed by atoms with Crippen LogP contribution in [0.1, 0.15) is 28.2 Å². The molecule has 1 N–H and O–H groups in total. The van der Waals surface area contributed by atoms with Crippen LogP contribution in [0.5, 0.6) is 0 Å². The molecule has 1 atom stereocenters. The predicted octanol–water partition coefficient (Wildman–Crippen LogP) is 2.87.